The highest BCUT2D eigenvalue weighted by Gasteiger charge is 2.32. The van der Waals surface area contributed by atoms with Crippen molar-refractivity contribution in [3.05, 3.63) is 82.3 Å². The molecule has 31 heavy (non-hydrogen) atoms. The van der Waals surface area contributed by atoms with E-state index >= 15 is 0 Å². The van der Waals surface area contributed by atoms with Gasteiger partial charge in [0.1, 0.15) is 0 Å². The van der Waals surface area contributed by atoms with Crippen molar-refractivity contribution in [2.75, 3.05) is 27.7 Å². The lowest BCUT2D eigenvalue weighted by Crippen LogP contribution is -2.33. The van der Waals surface area contributed by atoms with Gasteiger partial charge in [-0.1, -0.05) is 58.4 Å². The summed E-state index contributed by atoms with van der Waals surface area (Å²) in [6.45, 7) is 0.759. The zero-order valence-electron chi connectivity index (χ0n) is 18.1. The van der Waals surface area contributed by atoms with Crippen LogP contribution in [0.1, 0.15) is 17.5 Å². The molecule has 3 aromatic carbocycles. The number of nitrogens with zero attached hydrogens (tertiary/aromatic N) is 2. The third kappa shape index (κ3) is 4.59. The number of aliphatic hydroxyl groups is 1. The Balaban J connectivity index is 1.85. The first-order chi connectivity index (χ1) is 14.9. The Morgan fingerprint density at radius 2 is 1.77 bits per heavy atom. The Labute approximate surface area is 191 Å². The van der Waals surface area contributed by atoms with Crippen molar-refractivity contribution in [1.29, 1.82) is 0 Å². The molecule has 4 nitrogen and oxygen atoms in total. The van der Waals surface area contributed by atoms with Crippen LogP contribution in [-0.2, 0) is 12.0 Å². The Bertz CT molecular complexity index is 1220. The van der Waals surface area contributed by atoms with Gasteiger partial charge < -0.3 is 14.7 Å². The fourth-order valence-corrected chi connectivity index (χ4v) is 4.53. The lowest BCUT2D eigenvalue weighted by atomic mass is 9.81. The molecule has 160 valence electrons. The topological polar surface area (TPSA) is 45.6 Å². The van der Waals surface area contributed by atoms with E-state index in [1.54, 1.807) is 7.11 Å². The molecule has 0 bridgehead atoms. The van der Waals surface area contributed by atoms with E-state index in [-0.39, 0.29) is 0 Å². The molecule has 0 spiro atoms. The van der Waals surface area contributed by atoms with Crippen molar-refractivity contribution in [1.82, 2.24) is 9.88 Å². The van der Waals surface area contributed by atoms with E-state index in [1.165, 1.54) is 0 Å². The largest absolute Gasteiger partial charge is 0.481 e. The van der Waals surface area contributed by atoms with E-state index in [4.69, 9.17) is 9.72 Å². The van der Waals surface area contributed by atoms with Crippen LogP contribution in [0.3, 0.4) is 0 Å². The molecule has 0 aliphatic heterocycles. The lowest BCUT2D eigenvalue weighted by molar-refractivity contribution is 0.0220. The first-order valence-corrected chi connectivity index (χ1v) is 11.2. The number of benzene rings is 3. The van der Waals surface area contributed by atoms with Gasteiger partial charge in [0.2, 0.25) is 5.88 Å². The van der Waals surface area contributed by atoms with Crippen LogP contribution in [-0.4, -0.2) is 42.7 Å². The molecule has 0 amide bonds. The molecular weight excluding hydrogens is 452 g/mol. The van der Waals surface area contributed by atoms with E-state index in [2.05, 4.69) is 45.1 Å². The molecule has 4 rings (SSSR count). The molecule has 0 aliphatic carbocycles. The molecule has 0 fully saturated rings. The average Bonchev–Trinajstić information content (AvgIpc) is 2.77. The molecule has 0 aliphatic rings. The number of methoxy groups -OCH3 is 1. The van der Waals surface area contributed by atoms with Gasteiger partial charge in [0, 0.05) is 28.4 Å². The molecular formula is C26H27BrN2O2. The summed E-state index contributed by atoms with van der Waals surface area (Å²) in [6.07, 6.45) is 1.00. The number of aromatic nitrogens is 1. The zero-order chi connectivity index (χ0) is 22.0. The van der Waals surface area contributed by atoms with Crippen molar-refractivity contribution in [3.63, 3.8) is 0 Å². The van der Waals surface area contributed by atoms with Crippen LogP contribution < -0.4 is 4.74 Å². The SMILES string of the molecule is COc1nc2ccc(Br)cc2cc1C[C@@](O)(CCN(C)C)c1cccc2ccccc12. The van der Waals surface area contributed by atoms with E-state index in [0.717, 1.165) is 43.8 Å². The van der Waals surface area contributed by atoms with Crippen LogP contribution in [0.4, 0.5) is 0 Å². The van der Waals surface area contributed by atoms with Crippen molar-refractivity contribution in [3.8, 4) is 5.88 Å². The molecule has 1 atom stereocenters. The average molecular weight is 479 g/mol. The minimum atomic E-state index is -1.07. The highest BCUT2D eigenvalue weighted by atomic mass is 79.9. The molecule has 0 saturated carbocycles. The molecule has 5 heteroatoms. The Morgan fingerprint density at radius 3 is 2.55 bits per heavy atom. The van der Waals surface area contributed by atoms with Gasteiger partial charge in [0.25, 0.3) is 0 Å². The first kappa shape index (κ1) is 21.8. The molecule has 1 N–H and O–H groups in total. The summed E-state index contributed by atoms with van der Waals surface area (Å²) < 4.78 is 6.63. The second-order valence-electron chi connectivity index (χ2n) is 8.28. The first-order valence-electron chi connectivity index (χ1n) is 10.4. The van der Waals surface area contributed by atoms with Gasteiger partial charge in [0.15, 0.2) is 0 Å². The summed E-state index contributed by atoms with van der Waals surface area (Å²) in [5, 5.41) is 15.3. The number of fused-ring (bicyclic) bond motifs is 2. The van der Waals surface area contributed by atoms with Gasteiger partial charge in [-0.3, -0.25) is 0 Å². The summed E-state index contributed by atoms with van der Waals surface area (Å²) in [4.78, 5) is 6.81. The van der Waals surface area contributed by atoms with Crippen molar-refractivity contribution < 1.29 is 9.84 Å². The Morgan fingerprint density at radius 1 is 1.00 bits per heavy atom. The van der Waals surface area contributed by atoms with Crippen molar-refractivity contribution in [2.24, 2.45) is 0 Å². The molecule has 1 heterocycles. The predicted octanol–water partition coefficient (Wildman–Crippen LogP) is 5.54. The number of ether oxygens (including phenoxy) is 1. The highest BCUT2D eigenvalue weighted by molar-refractivity contribution is 9.10. The number of pyridine rings is 1. The third-order valence-corrected chi connectivity index (χ3v) is 6.25. The normalized spacial score (nSPS) is 13.6. The van der Waals surface area contributed by atoms with Gasteiger partial charge in [-0.05, 0) is 61.1 Å². The summed E-state index contributed by atoms with van der Waals surface area (Å²) in [6, 6.07) is 22.4. The Hall–Kier alpha value is -2.47. The second-order valence-corrected chi connectivity index (χ2v) is 9.20. The van der Waals surface area contributed by atoms with Gasteiger partial charge in [0.05, 0.1) is 18.2 Å². The number of hydrogen-bond acceptors (Lipinski definition) is 4. The standard InChI is InChI=1S/C26H27BrN2O2/c1-29(2)14-13-26(30,23-10-6-8-18-7-4-5-9-22(18)23)17-20-15-19-16-21(27)11-12-24(19)28-25(20)31-3/h4-12,15-16,30H,13-14,17H2,1-3H3/t26-/m0/s1. The number of halogens is 1. The van der Waals surface area contributed by atoms with Gasteiger partial charge >= 0.3 is 0 Å². The van der Waals surface area contributed by atoms with Crippen molar-refractivity contribution >= 4 is 37.6 Å². The zero-order valence-corrected chi connectivity index (χ0v) is 19.7. The molecule has 0 saturated heterocycles. The fraction of sp³-hybridized carbons (Fsp3) is 0.269. The summed E-state index contributed by atoms with van der Waals surface area (Å²) in [7, 11) is 5.69. The summed E-state index contributed by atoms with van der Waals surface area (Å²) in [5.41, 5.74) is 1.62. The summed E-state index contributed by atoms with van der Waals surface area (Å²) >= 11 is 3.54. The van der Waals surface area contributed by atoms with Gasteiger partial charge in [-0.15, -0.1) is 0 Å². The number of rotatable bonds is 7. The van der Waals surface area contributed by atoms with E-state index < -0.39 is 5.60 Å². The maximum Gasteiger partial charge on any atom is 0.216 e. The smallest absolute Gasteiger partial charge is 0.216 e. The minimum Gasteiger partial charge on any atom is -0.481 e. The van der Waals surface area contributed by atoms with E-state index in [0.29, 0.717) is 18.7 Å². The second kappa shape index (κ2) is 8.95. The van der Waals surface area contributed by atoms with Crippen LogP contribution in [0, 0.1) is 0 Å². The molecule has 4 aromatic rings. The third-order valence-electron chi connectivity index (χ3n) is 5.76. The van der Waals surface area contributed by atoms with Gasteiger partial charge in [-0.2, -0.15) is 0 Å². The van der Waals surface area contributed by atoms with E-state index in [1.807, 2.05) is 56.6 Å². The number of hydrogen-bond donors (Lipinski definition) is 1. The molecule has 0 radical (unpaired) electrons. The van der Waals surface area contributed by atoms with E-state index in [9.17, 15) is 5.11 Å². The van der Waals surface area contributed by atoms with Crippen LogP contribution in [0.15, 0.2) is 71.2 Å². The minimum absolute atomic E-state index is 0.410. The molecule has 0 unspecified atom stereocenters. The Kier molecular flexibility index (Phi) is 6.28. The monoisotopic (exact) mass is 478 g/mol. The fourth-order valence-electron chi connectivity index (χ4n) is 4.15. The maximum atomic E-state index is 12.1. The molecule has 1 aromatic heterocycles. The predicted molar refractivity (Wildman–Crippen MR) is 131 cm³/mol. The summed E-state index contributed by atoms with van der Waals surface area (Å²) in [5.74, 6) is 0.554. The lowest BCUT2D eigenvalue weighted by Gasteiger charge is -2.32. The van der Waals surface area contributed by atoms with Crippen LogP contribution >= 0.6 is 15.9 Å². The van der Waals surface area contributed by atoms with Crippen LogP contribution in [0.25, 0.3) is 21.7 Å². The van der Waals surface area contributed by atoms with Crippen molar-refractivity contribution in [2.45, 2.75) is 18.4 Å². The van der Waals surface area contributed by atoms with Crippen LogP contribution in [0.2, 0.25) is 0 Å². The maximum absolute atomic E-state index is 12.1. The highest BCUT2D eigenvalue weighted by Crippen LogP contribution is 2.37. The quantitative estimate of drug-likeness (QED) is 0.378. The van der Waals surface area contributed by atoms with Crippen LogP contribution in [0.5, 0.6) is 5.88 Å². The van der Waals surface area contributed by atoms with Gasteiger partial charge in [-0.25, -0.2) is 4.98 Å².